The summed E-state index contributed by atoms with van der Waals surface area (Å²) in [5.74, 6) is 0.699. The Labute approximate surface area is 131 Å². The second-order valence-corrected chi connectivity index (χ2v) is 6.57. The minimum atomic E-state index is -0.662. The van der Waals surface area contributed by atoms with Crippen LogP contribution in [0.3, 0.4) is 0 Å². The Kier molecular flexibility index (Phi) is 5.36. The van der Waals surface area contributed by atoms with Crippen molar-refractivity contribution < 1.29 is 9.84 Å². The summed E-state index contributed by atoms with van der Waals surface area (Å²) in [6, 6.07) is 5.30. The van der Waals surface area contributed by atoms with Crippen molar-refractivity contribution >= 4 is 23.2 Å². The molecule has 0 aromatic heterocycles. The largest absolute Gasteiger partial charge is 0.385 e. The van der Waals surface area contributed by atoms with Gasteiger partial charge in [0.2, 0.25) is 0 Å². The lowest BCUT2D eigenvalue weighted by atomic mass is 9.74. The fraction of sp³-hybridized carbons (Fsp3) is 0.625. The maximum atomic E-state index is 10.8. The first-order chi connectivity index (χ1) is 9.48. The van der Waals surface area contributed by atoms with E-state index in [1.807, 2.05) is 13.0 Å². The number of hydrogen-bond acceptors (Lipinski definition) is 2. The zero-order chi connectivity index (χ0) is 14.8. The second-order valence-electron chi connectivity index (χ2n) is 5.76. The minimum absolute atomic E-state index is 0.471. The van der Waals surface area contributed by atoms with Gasteiger partial charge in [0.1, 0.15) is 6.10 Å². The highest BCUT2D eigenvalue weighted by Crippen LogP contribution is 2.44. The van der Waals surface area contributed by atoms with E-state index in [0.717, 1.165) is 31.2 Å². The number of halogens is 2. The van der Waals surface area contributed by atoms with Crippen LogP contribution in [0.4, 0.5) is 0 Å². The van der Waals surface area contributed by atoms with Crippen molar-refractivity contribution in [3.63, 3.8) is 0 Å². The van der Waals surface area contributed by atoms with Gasteiger partial charge < -0.3 is 9.84 Å². The molecule has 1 aliphatic rings. The molecular formula is C16H22Cl2O2. The average molecular weight is 317 g/mol. The first-order valence-electron chi connectivity index (χ1n) is 7.25. The Hall–Kier alpha value is -0.280. The highest BCUT2D eigenvalue weighted by Gasteiger charge is 2.42. The molecule has 1 fully saturated rings. The molecule has 1 aromatic rings. The Balaban J connectivity index is 2.26. The first kappa shape index (κ1) is 16.1. The lowest BCUT2D eigenvalue weighted by Gasteiger charge is -2.42. The second kappa shape index (κ2) is 6.65. The van der Waals surface area contributed by atoms with E-state index < -0.39 is 11.7 Å². The van der Waals surface area contributed by atoms with Crippen molar-refractivity contribution in [3.8, 4) is 0 Å². The predicted molar refractivity (Wildman–Crippen MR) is 83.4 cm³/mol. The average Bonchev–Trinajstić information content (AvgIpc) is 2.44. The Morgan fingerprint density at radius 3 is 2.50 bits per heavy atom. The summed E-state index contributed by atoms with van der Waals surface area (Å²) >= 11 is 12.0. The third-order valence-corrected chi connectivity index (χ3v) is 5.05. The molecule has 2 nitrogen and oxygen atoms in total. The molecule has 0 bridgehead atoms. The molecule has 0 heterocycles. The summed E-state index contributed by atoms with van der Waals surface area (Å²) in [5.41, 5.74) is 0.292. The molecule has 4 heteroatoms. The molecule has 0 aliphatic heterocycles. The SMILES string of the molecule is CCOC1(C(O)c2ccc(Cl)c(Cl)c2)CCC(C)CC1. The van der Waals surface area contributed by atoms with Crippen molar-refractivity contribution in [2.45, 2.75) is 51.2 Å². The molecule has 1 saturated carbocycles. The van der Waals surface area contributed by atoms with Crippen LogP contribution >= 0.6 is 23.2 Å². The summed E-state index contributed by atoms with van der Waals surface area (Å²) in [7, 11) is 0. The molecule has 1 unspecified atom stereocenters. The van der Waals surface area contributed by atoms with Gasteiger partial charge in [0.15, 0.2) is 0 Å². The van der Waals surface area contributed by atoms with Gasteiger partial charge in [-0.2, -0.15) is 0 Å². The Bertz CT molecular complexity index is 454. The summed E-state index contributed by atoms with van der Waals surface area (Å²) < 4.78 is 5.98. The monoisotopic (exact) mass is 316 g/mol. The molecule has 20 heavy (non-hydrogen) atoms. The molecule has 1 N–H and O–H groups in total. The number of hydrogen-bond donors (Lipinski definition) is 1. The standard InChI is InChI=1S/C16H22Cl2O2/c1-3-20-16(8-6-11(2)7-9-16)15(19)12-4-5-13(17)14(18)10-12/h4-5,10-11,15,19H,3,6-9H2,1-2H3. The third kappa shape index (κ3) is 3.30. The number of aliphatic hydroxyl groups is 1. The maximum absolute atomic E-state index is 10.8. The van der Waals surface area contributed by atoms with E-state index in [9.17, 15) is 5.11 Å². The number of aliphatic hydroxyl groups excluding tert-OH is 1. The molecule has 0 radical (unpaired) electrons. The van der Waals surface area contributed by atoms with Crippen LogP contribution in [0.5, 0.6) is 0 Å². The van der Waals surface area contributed by atoms with Crippen LogP contribution in [-0.2, 0) is 4.74 Å². The van der Waals surface area contributed by atoms with Gasteiger partial charge in [0.25, 0.3) is 0 Å². The van der Waals surface area contributed by atoms with Gasteiger partial charge in [-0.25, -0.2) is 0 Å². The highest BCUT2D eigenvalue weighted by atomic mass is 35.5. The van der Waals surface area contributed by atoms with Gasteiger partial charge in [-0.1, -0.05) is 36.2 Å². The van der Waals surface area contributed by atoms with E-state index in [-0.39, 0.29) is 0 Å². The quantitative estimate of drug-likeness (QED) is 0.845. The number of ether oxygens (including phenoxy) is 1. The molecule has 1 atom stereocenters. The zero-order valence-electron chi connectivity index (χ0n) is 12.0. The maximum Gasteiger partial charge on any atom is 0.108 e. The van der Waals surface area contributed by atoms with Crippen molar-refractivity contribution in [2.75, 3.05) is 6.61 Å². The molecule has 0 saturated heterocycles. The zero-order valence-corrected chi connectivity index (χ0v) is 13.5. The lowest BCUT2D eigenvalue weighted by molar-refractivity contribution is -0.146. The van der Waals surface area contributed by atoms with Crippen LogP contribution in [0.2, 0.25) is 10.0 Å². The van der Waals surface area contributed by atoms with Crippen LogP contribution in [0, 0.1) is 5.92 Å². The van der Waals surface area contributed by atoms with E-state index in [1.165, 1.54) is 0 Å². The molecule has 0 amide bonds. The summed E-state index contributed by atoms with van der Waals surface area (Å²) in [4.78, 5) is 0. The molecule has 2 rings (SSSR count). The van der Waals surface area contributed by atoms with Crippen molar-refractivity contribution in [1.82, 2.24) is 0 Å². The van der Waals surface area contributed by atoms with Crippen molar-refractivity contribution in [2.24, 2.45) is 5.92 Å². The smallest absolute Gasteiger partial charge is 0.108 e. The Morgan fingerprint density at radius 1 is 1.30 bits per heavy atom. The van der Waals surface area contributed by atoms with E-state index in [0.29, 0.717) is 22.6 Å². The van der Waals surface area contributed by atoms with Crippen molar-refractivity contribution in [1.29, 1.82) is 0 Å². The lowest BCUT2D eigenvalue weighted by Crippen LogP contribution is -2.42. The molecule has 112 valence electrons. The first-order valence-corrected chi connectivity index (χ1v) is 8.01. The summed E-state index contributed by atoms with van der Waals surface area (Å²) in [6.07, 6.45) is 3.26. The van der Waals surface area contributed by atoms with E-state index in [2.05, 4.69) is 6.92 Å². The number of benzene rings is 1. The summed E-state index contributed by atoms with van der Waals surface area (Å²) in [5, 5.41) is 11.8. The van der Waals surface area contributed by atoms with Gasteiger partial charge in [0.05, 0.1) is 15.6 Å². The normalized spacial score (nSPS) is 28.4. The van der Waals surface area contributed by atoms with Gasteiger partial charge in [-0.05, 0) is 56.2 Å². The van der Waals surface area contributed by atoms with Gasteiger partial charge >= 0.3 is 0 Å². The fourth-order valence-corrected chi connectivity index (χ4v) is 3.33. The topological polar surface area (TPSA) is 29.5 Å². The van der Waals surface area contributed by atoms with E-state index in [1.54, 1.807) is 12.1 Å². The Morgan fingerprint density at radius 2 is 1.95 bits per heavy atom. The van der Waals surface area contributed by atoms with E-state index in [4.69, 9.17) is 27.9 Å². The van der Waals surface area contributed by atoms with Crippen LogP contribution in [0.15, 0.2) is 18.2 Å². The van der Waals surface area contributed by atoms with Gasteiger partial charge in [-0.15, -0.1) is 0 Å². The van der Waals surface area contributed by atoms with Crippen LogP contribution < -0.4 is 0 Å². The molecule has 0 spiro atoms. The third-order valence-electron chi connectivity index (χ3n) is 4.31. The highest BCUT2D eigenvalue weighted by molar-refractivity contribution is 6.42. The minimum Gasteiger partial charge on any atom is -0.385 e. The number of rotatable bonds is 4. The van der Waals surface area contributed by atoms with Gasteiger partial charge in [-0.3, -0.25) is 0 Å². The van der Waals surface area contributed by atoms with Crippen molar-refractivity contribution in [3.05, 3.63) is 33.8 Å². The summed E-state index contributed by atoms with van der Waals surface area (Å²) in [6.45, 7) is 4.83. The fourth-order valence-electron chi connectivity index (χ4n) is 3.02. The van der Waals surface area contributed by atoms with Crippen LogP contribution in [-0.4, -0.2) is 17.3 Å². The van der Waals surface area contributed by atoms with Crippen LogP contribution in [0.25, 0.3) is 0 Å². The molecule has 1 aromatic carbocycles. The predicted octanol–water partition coefficient (Wildman–Crippen LogP) is 5.01. The van der Waals surface area contributed by atoms with E-state index >= 15 is 0 Å². The van der Waals surface area contributed by atoms with Crippen LogP contribution in [0.1, 0.15) is 51.2 Å². The molecule has 1 aliphatic carbocycles. The molecular weight excluding hydrogens is 295 g/mol. The van der Waals surface area contributed by atoms with Gasteiger partial charge in [0, 0.05) is 6.61 Å².